The van der Waals surface area contributed by atoms with Crippen molar-refractivity contribution in [2.75, 3.05) is 23.8 Å². The fourth-order valence-corrected chi connectivity index (χ4v) is 2.91. The maximum atomic E-state index is 14.1. The van der Waals surface area contributed by atoms with E-state index < -0.39 is 11.7 Å². The SMILES string of the molecule is CC(=O)Nc1cc2c(cc1NC(=O)c1ncoc1-c1ccccc1F)OCCO2. The van der Waals surface area contributed by atoms with Crippen LogP contribution in [0.3, 0.4) is 0 Å². The van der Waals surface area contributed by atoms with E-state index in [2.05, 4.69) is 15.6 Å². The molecule has 0 unspecified atom stereocenters. The molecule has 0 atom stereocenters. The number of halogens is 1. The van der Waals surface area contributed by atoms with Gasteiger partial charge in [-0.3, -0.25) is 9.59 Å². The van der Waals surface area contributed by atoms with Gasteiger partial charge < -0.3 is 24.5 Å². The highest BCUT2D eigenvalue weighted by atomic mass is 19.1. The minimum atomic E-state index is -0.639. The fourth-order valence-electron chi connectivity index (χ4n) is 2.91. The highest BCUT2D eigenvalue weighted by Gasteiger charge is 2.23. The number of carbonyl (C=O) groups is 2. The molecule has 148 valence electrons. The van der Waals surface area contributed by atoms with Crippen LogP contribution in [-0.4, -0.2) is 30.0 Å². The zero-order valence-electron chi connectivity index (χ0n) is 15.3. The van der Waals surface area contributed by atoms with E-state index >= 15 is 0 Å². The van der Waals surface area contributed by atoms with Crippen LogP contribution < -0.4 is 20.1 Å². The molecular formula is C20H16FN3O5. The highest BCUT2D eigenvalue weighted by Crippen LogP contribution is 2.39. The quantitative estimate of drug-likeness (QED) is 0.699. The van der Waals surface area contributed by atoms with Crippen molar-refractivity contribution in [1.29, 1.82) is 0 Å². The van der Waals surface area contributed by atoms with Gasteiger partial charge in [0.15, 0.2) is 29.3 Å². The minimum absolute atomic E-state index is 0.000722. The van der Waals surface area contributed by atoms with Crippen LogP contribution in [0.25, 0.3) is 11.3 Å². The number of anilines is 2. The van der Waals surface area contributed by atoms with Gasteiger partial charge in [-0.05, 0) is 12.1 Å². The maximum Gasteiger partial charge on any atom is 0.278 e. The van der Waals surface area contributed by atoms with Crippen LogP contribution in [0.1, 0.15) is 17.4 Å². The Morgan fingerprint density at radius 2 is 1.69 bits per heavy atom. The molecule has 4 rings (SSSR count). The number of nitrogens with one attached hydrogen (secondary N) is 2. The van der Waals surface area contributed by atoms with Gasteiger partial charge in [0.05, 0.1) is 16.9 Å². The van der Waals surface area contributed by atoms with Crippen LogP contribution in [0, 0.1) is 5.82 Å². The summed E-state index contributed by atoms with van der Waals surface area (Å²) in [6, 6.07) is 9.00. The Labute approximate surface area is 164 Å². The van der Waals surface area contributed by atoms with Gasteiger partial charge >= 0.3 is 0 Å². The molecule has 1 aromatic heterocycles. The zero-order chi connectivity index (χ0) is 20.4. The van der Waals surface area contributed by atoms with Crippen molar-refractivity contribution in [3.63, 3.8) is 0 Å². The van der Waals surface area contributed by atoms with E-state index in [4.69, 9.17) is 13.9 Å². The fraction of sp³-hybridized carbons (Fsp3) is 0.150. The average molecular weight is 397 g/mol. The van der Waals surface area contributed by atoms with E-state index in [1.807, 2.05) is 0 Å². The van der Waals surface area contributed by atoms with Crippen molar-refractivity contribution in [1.82, 2.24) is 4.98 Å². The summed E-state index contributed by atoms with van der Waals surface area (Å²) < 4.78 is 30.4. The molecule has 0 saturated heterocycles. The number of oxazole rings is 1. The number of nitrogens with zero attached hydrogens (tertiary/aromatic N) is 1. The van der Waals surface area contributed by atoms with Crippen molar-refractivity contribution >= 4 is 23.2 Å². The zero-order valence-corrected chi connectivity index (χ0v) is 15.3. The second-order valence-electron chi connectivity index (χ2n) is 6.19. The molecule has 3 aromatic rings. The Morgan fingerprint density at radius 1 is 1.03 bits per heavy atom. The second-order valence-corrected chi connectivity index (χ2v) is 6.19. The highest BCUT2D eigenvalue weighted by molar-refractivity contribution is 6.09. The number of rotatable bonds is 4. The molecule has 2 N–H and O–H groups in total. The monoisotopic (exact) mass is 397 g/mol. The van der Waals surface area contributed by atoms with Gasteiger partial charge in [0.2, 0.25) is 5.91 Å². The predicted molar refractivity (Wildman–Crippen MR) is 102 cm³/mol. The van der Waals surface area contributed by atoms with Gasteiger partial charge in [-0.25, -0.2) is 9.37 Å². The molecular weight excluding hydrogens is 381 g/mol. The van der Waals surface area contributed by atoms with Crippen LogP contribution in [-0.2, 0) is 4.79 Å². The largest absolute Gasteiger partial charge is 0.486 e. The molecule has 9 heteroatoms. The molecule has 0 spiro atoms. The average Bonchev–Trinajstić information content (AvgIpc) is 3.18. The van der Waals surface area contributed by atoms with Crippen LogP contribution in [0.4, 0.5) is 15.8 Å². The van der Waals surface area contributed by atoms with E-state index in [0.29, 0.717) is 30.4 Å². The lowest BCUT2D eigenvalue weighted by Gasteiger charge is -2.21. The molecule has 0 radical (unpaired) electrons. The van der Waals surface area contributed by atoms with Crippen LogP contribution in [0.2, 0.25) is 0 Å². The van der Waals surface area contributed by atoms with Crippen molar-refractivity contribution in [3.05, 3.63) is 54.3 Å². The summed E-state index contributed by atoms with van der Waals surface area (Å²) in [4.78, 5) is 28.3. The molecule has 29 heavy (non-hydrogen) atoms. The number of ether oxygens (including phenoxy) is 2. The van der Waals surface area contributed by atoms with Gasteiger partial charge in [0, 0.05) is 19.1 Å². The van der Waals surface area contributed by atoms with Crippen molar-refractivity contribution < 1.29 is 27.9 Å². The van der Waals surface area contributed by atoms with E-state index in [0.717, 1.165) is 6.39 Å². The molecule has 8 nitrogen and oxygen atoms in total. The molecule has 1 aliphatic rings. The summed E-state index contributed by atoms with van der Waals surface area (Å²) in [5.41, 5.74) is 0.612. The van der Waals surface area contributed by atoms with Crippen LogP contribution in [0.15, 0.2) is 47.2 Å². The van der Waals surface area contributed by atoms with Gasteiger partial charge in [-0.2, -0.15) is 0 Å². The smallest absolute Gasteiger partial charge is 0.278 e. The lowest BCUT2D eigenvalue weighted by Crippen LogP contribution is -2.19. The number of benzene rings is 2. The first kappa shape index (κ1) is 18.5. The summed E-state index contributed by atoms with van der Waals surface area (Å²) in [7, 11) is 0. The Kier molecular flexibility index (Phi) is 4.86. The molecule has 0 aliphatic carbocycles. The Hall–Kier alpha value is -3.88. The summed E-state index contributed by atoms with van der Waals surface area (Å²) in [6.45, 7) is 2.08. The van der Waals surface area contributed by atoms with Crippen molar-refractivity contribution in [3.8, 4) is 22.8 Å². The van der Waals surface area contributed by atoms with Crippen molar-refractivity contribution in [2.24, 2.45) is 0 Å². The lowest BCUT2D eigenvalue weighted by molar-refractivity contribution is -0.114. The maximum absolute atomic E-state index is 14.1. The molecule has 0 fully saturated rings. The predicted octanol–water partition coefficient (Wildman–Crippen LogP) is 3.46. The van der Waals surface area contributed by atoms with Gasteiger partial charge in [-0.15, -0.1) is 0 Å². The van der Waals surface area contributed by atoms with E-state index in [1.165, 1.54) is 25.1 Å². The summed E-state index contributed by atoms with van der Waals surface area (Å²) in [6.07, 6.45) is 1.06. The van der Waals surface area contributed by atoms with Gasteiger partial charge in [0.1, 0.15) is 19.0 Å². The number of aromatic nitrogens is 1. The van der Waals surface area contributed by atoms with E-state index in [9.17, 15) is 14.0 Å². The third kappa shape index (κ3) is 3.75. The number of fused-ring (bicyclic) bond motifs is 1. The third-order valence-electron chi connectivity index (χ3n) is 4.14. The lowest BCUT2D eigenvalue weighted by atomic mass is 10.1. The topological polar surface area (TPSA) is 103 Å². The van der Waals surface area contributed by atoms with Crippen LogP contribution >= 0.6 is 0 Å². The molecule has 1 aliphatic heterocycles. The Bertz CT molecular complexity index is 1100. The minimum Gasteiger partial charge on any atom is -0.486 e. The summed E-state index contributed by atoms with van der Waals surface area (Å²) in [5, 5.41) is 5.30. The first-order valence-corrected chi connectivity index (χ1v) is 8.74. The second kappa shape index (κ2) is 7.63. The molecule has 2 heterocycles. The first-order chi connectivity index (χ1) is 14.0. The standard InChI is InChI=1S/C20H16FN3O5/c1-11(25)23-14-8-16-17(28-7-6-27-16)9-15(14)24-20(26)18-19(29-10-22-18)12-4-2-3-5-13(12)21/h2-5,8-10H,6-7H2,1H3,(H,23,25)(H,24,26). The molecule has 0 saturated carbocycles. The van der Waals surface area contributed by atoms with Gasteiger partial charge in [0.25, 0.3) is 5.91 Å². The number of carbonyl (C=O) groups excluding carboxylic acids is 2. The van der Waals surface area contributed by atoms with E-state index in [1.54, 1.807) is 18.2 Å². The number of hydrogen-bond acceptors (Lipinski definition) is 6. The summed E-state index contributed by atoms with van der Waals surface area (Å²) in [5.74, 6) is -0.636. The Balaban J connectivity index is 1.68. The van der Waals surface area contributed by atoms with Crippen molar-refractivity contribution in [2.45, 2.75) is 6.92 Å². The first-order valence-electron chi connectivity index (χ1n) is 8.74. The third-order valence-corrected chi connectivity index (χ3v) is 4.14. The summed E-state index contributed by atoms with van der Waals surface area (Å²) >= 11 is 0. The normalized spacial score (nSPS) is 12.3. The molecule has 0 bridgehead atoms. The number of amides is 2. The van der Waals surface area contributed by atoms with E-state index in [-0.39, 0.29) is 28.6 Å². The number of hydrogen-bond donors (Lipinski definition) is 2. The van der Waals surface area contributed by atoms with Crippen LogP contribution in [0.5, 0.6) is 11.5 Å². The Morgan fingerprint density at radius 3 is 2.34 bits per heavy atom. The van der Waals surface area contributed by atoms with Gasteiger partial charge in [-0.1, -0.05) is 12.1 Å². The molecule has 2 amide bonds. The molecule has 2 aromatic carbocycles.